The Labute approximate surface area is 518 Å². The number of carbonyl (C=O) groups is 9. The Morgan fingerprint density at radius 3 is 1.58 bits per heavy atom. The van der Waals surface area contributed by atoms with Crippen LogP contribution in [0, 0.1) is 0 Å². The number of hydrogen-bond donors (Lipinski definition) is 10. The quantitative estimate of drug-likeness (QED) is 0.0339. The summed E-state index contributed by atoms with van der Waals surface area (Å²) in [5, 5.41) is 76.9. The average molecular weight is 1250 g/mol. The zero-order valence-corrected chi connectivity index (χ0v) is 51.2. The van der Waals surface area contributed by atoms with Crippen molar-refractivity contribution >= 4 is 65.6 Å². The third-order valence-electron chi connectivity index (χ3n) is 19.9. The number of nitrogens with one attached hydrogen (secondary N) is 3. The molecule has 6 aliphatic heterocycles. The molecule has 0 aliphatic carbocycles. The molecular weight excluding hydrogens is 1160 g/mol. The molecule has 6 saturated heterocycles. The van der Waals surface area contributed by atoms with Crippen molar-refractivity contribution in [1.29, 1.82) is 0 Å². The van der Waals surface area contributed by atoms with E-state index in [0.29, 0.717) is 95.6 Å². The molecule has 8 rings (SSSR count). The number of anilines is 2. The predicted molar refractivity (Wildman–Crippen MR) is 319 cm³/mol. The van der Waals surface area contributed by atoms with Gasteiger partial charge in [-0.15, -0.1) is 17.9 Å². The van der Waals surface area contributed by atoms with Gasteiger partial charge in [-0.25, -0.2) is 33.6 Å². The molecule has 0 bridgehead atoms. The number of piperidine rings is 1. The summed E-state index contributed by atoms with van der Waals surface area (Å²) in [6, 6.07) is 3.88. The fourth-order valence-electron chi connectivity index (χ4n) is 16.3. The molecule has 8 atom stereocenters. The molecular formula is C60H93N13O16+4. The summed E-state index contributed by atoms with van der Waals surface area (Å²) in [6.45, 7) is 7.21. The van der Waals surface area contributed by atoms with E-state index >= 15 is 0 Å². The Bertz CT molecular complexity index is 2840. The molecule has 1 aromatic carbocycles. The molecule has 2 aromatic rings. The first-order valence-corrected chi connectivity index (χ1v) is 31.9. The molecule has 0 saturated carbocycles. The molecule has 6 fully saturated rings. The summed E-state index contributed by atoms with van der Waals surface area (Å²) in [7, 11) is 0. The molecule has 0 radical (unpaired) electrons. The minimum Gasteiger partial charge on any atom is -0.481 e. The Balaban J connectivity index is 0.769. The molecule has 29 heteroatoms. The van der Waals surface area contributed by atoms with Crippen LogP contribution < -0.4 is 25.8 Å². The van der Waals surface area contributed by atoms with Crippen LogP contribution in [0.5, 0.6) is 0 Å². The first kappa shape index (κ1) is 67.6. The van der Waals surface area contributed by atoms with E-state index in [9.17, 15) is 73.8 Å². The fourth-order valence-corrected chi connectivity index (χ4v) is 16.3. The maximum atomic E-state index is 13.1. The Hall–Kier alpha value is -7.34. The second-order valence-electron chi connectivity index (χ2n) is 25.6. The molecule has 3 amide bonds. The van der Waals surface area contributed by atoms with E-state index < -0.39 is 78.3 Å². The van der Waals surface area contributed by atoms with Gasteiger partial charge in [0.2, 0.25) is 17.8 Å². The predicted octanol–water partition coefficient (Wildman–Crippen LogP) is 1.62. The van der Waals surface area contributed by atoms with E-state index in [0.717, 1.165) is 128 Å². The van der Waals surface area contributed by atoms with Gasteiger partial charge in [0.15, 0.2) is 32.2 Å². The molecule has 29 nitrogen and oxygen atoms in total. The van der Waals surface area contributed by atoms with E-state index in [2.05, 4.69) is 30.7 Å². The van der Waals surface area contributed by atoms with Gasteiger partial charge in [-0.3, -0.25) is 14.5 Å². The van der Waals surface area contributed by atoms with Gasteiger partial charge in [0.25, 0.3) is 0 Å². The number of aromatic nitrogens is 3. The molecule has 1 spiro atoms. The highest BCUT2D eigenvalue weighted by Crippen LogP contribution is 2.64. The molecule has 6 aliphatic rings. The lowest BCUT2D eigenvalue weighted by atomic mass is 10.0. The summed E-state index contributed by atoms with van der Waals surface area (Å²) in [5.41, 5.74) is 1.89. The third kappa shape index (κ3) is 15.6. The highest BCUT2D eigenvalue weighted by Gasteiger charge is 3.01. The number of aliphatic carboxylic acids is 7. The Morgan fingerprint density at radius 2 is 1.02 bits per heavy atom. The summed E-state index contributed by atoms with van der Waals surface area (Å²) < 4.78 is -0.198. The standard InChI is InChI=1S/C60H89N13O16/c74-49(61-22-10-9-14-46(55(85)86)62-59(89)63-47(56(87)88)20-21-50(75)76)15-8-5-3-1-2-4-6-11-23-67-26-28-69(29-27-67)58-65-48(64-57(66-58)68-24-12-7-13-25-68)37-44-18-16-43(17-19-44)36-45-38-72(41-53(81)82)33-32-70(39-51(77)78)30-31-71(40-52(79)80)34-35-73(45,42-54(83)84)60(70,71)72/h16-19,45-47H,1-15,20-42H2,(H6-4,61,62,63,74,75,76,77,78,79,80,81,82,83,84,85,86,87,88,89)/p+4/t45?,46-,47-,60?,70?,71-,72+,73+/m0/s1. The number of unbranched alkanes of at least 4 members (excludes halogenated alkanes) is 8. The number of carboxylic acid groups (broad SMARTS) is 7. The number of hydrogen-bond acceptors (Lipinski definition) is 15. The van der Waals surface area contributed by atoms with Crippen molar-refractivity contribution in [2.45, 2.75) is 146 Å². The maximum Gasteiger partial charge on any atom is 0.483 e. The highest BCUT2D eigenvalue weighted by molar-refractivity contribution is 5.86. The first-order chi connectivity index (χ1) is 42.5. The van der Waals surface area contributed by atoms with Crippen molar-refractivity contribution in [3.8, 4) is 0 Å². The van der Waals surface area contributed by atoms with Gasteiger partial charge < -0.3 is 61.5 Å². The van der Waals surface area contributed by atoms with Gasteiger partial charge in [-0.2, -0.15) is 15.0 Å². The monoisotopic (exact) mass is 1250 g/mol. The lowest BCUT2D eigenvalue weighted by Crippen LogP contribution is -2.86. The van der Waals surface area contributed by atoms with Gasteiger partial charge in [-0.05, 0) is 75.5 Å². The molecule has 10 N–H and O–H groups in total. The van der Waals surface area contributed by atoms with Gasteiger partial charge >= 0.3 is 53.7 Å². The average Bonchev–Trinajstić information content (AvgIpc) is 1.44. The Morgan fingerprint density at radius 1 is 0.517 bits per heavy atom. The van der Waals surface area contributed by atoms with Gasteiger partial charge in [0.1, 0.15) is 63.7 Å². The second kappa shape index (κ2) is 30.0. The van der Waals surface area contributed by atoms with Crippen molar-refractivity contribution in [2.75, 3.05) is 134 Å². The number of piperazine rings is 1. The number of rotatable bonds is 37. The second-order valence-corrected chi connectivity index (χ2v) is 25.6. The third-order valence-corrected chi connectivity index (χ3v) is 19.9. The summed E-state index contributed by atoms with van der Waals surface area (Å²) >= 11 is 0. The van der Waals surface area contributed by atoms with Crippen LogP contribution in [-0.4, -0.2) is 276 Å². The highest BCUT2D eigenvalue weighted by atomic mass is 16.4. The molecule has 7 heterocycles. The van der Waals surface area contributed by atoms with Crippen LogP contribution in [0.4, 0.5) is 16.7 Å². The van der Waals surface area contributed by atoms with Crippen molar-refractivity contribution in [3.63, 3.8) is 0 Å². The number of nitrogens with zero attached hydrogens (tertiary/aromatic N) is 10. The minimum atomic E-state index is -1.49. The normalized spacial score (nSPS) is 26.0. The Kier molecular flexibility index (Phi) is 22.8. The maximum absolute atomic E-state index is 13.1. The van der Waals surface area contributed by atoms with Crippen molar-refractivity contribution in [3.05, 3.63) is 41.2 Å². The van der Waals surface area contributed by atoms with Crippen LogP contribution in [0.2, 0.25) is 0 Å². The summed E-state index contributed by atoms with van der Waals surface area (Å²) in [4.78, 5) is 132. The fraction of sp³-hybridized carbons (Fsp3) is 0.700. The summed E-state index contributed by atoms with van der Waals surface area (Å²) in [5.74, 6) is -7.69. The smallest absolute Gasteiger partial charge is 0.481 e. The van der Waals surface area contributed by atoms with Gasteiger partial charge in [0, 0.05) is 71.5 Å². The number of urea groups is 1. The zero-order valence-electron chi connectivity index (χ0n) is 51.2. The lowest BCUT2D eigenvalue weighted by Gasteiger charge is -2.50. The van der Waals surface area contributed by atoms with E-state index in [1.165, 1.54) is 0 Å². The van der Waals surface area contributed by atoms with Crippen molar-refractivity contribution < 1.29 is 96.8 Å². The van der Waals surface area contributed by atoms with Crippen LogP contribution in [0.3, 0.4) is 0 Å². The van der Waals surface area contributed by atoms with Crippen LogP contribution >= 0.6 is 0 Å². The number of benzene rings is 1. The largest absolute Gasteiger partial charge is 0.483 e. The number of amides is 3. The van der Waals surface area contributed by atoms with Crippen molar-refractivity contribution in [1.82, 2.24) is 35.8 Å². The van der Waals surface area contributed by atoms with Crippen LogP contribution in [0.15, 0.2) is 24.3 Å². The number of carboxylic acids is 7. The van der Waals surface area contributed by atoms with Crippen LogP contribution in [-0.2, 0) is 51.2 Å². The molecule has 1 aromatic heterocycles. The lowest BCUT2D eigenvalue weighted by molar-refractivity contribution is -1.36. The van der Waals surface area contributed by atoms with Gasteiger partial charge in [-0.1, -0.05) is 62.8 Å². The van der Waals surface area contributed by atoms with Crippen LogP contribution in [0.1, 0.15) is 126 Å². The van der Waals surface area contributed by atoms with Crippen LogP contribution in [0.25, 0.3) is 0 Å². The molecule has 490 valence electrons. The molecule has 3 unspecified atom stereocenters. The summed E-state index contributed by atoms with van der Waals surface area (Å²) in [6.07, 6.45) is 13.0. The van der Waals surface area contributed by atoms with E-state index in [1.807, 2.05) is 24.3 Å². The zero-order chi connectivity index (χ0) is 64.0. The minimum absolute atomic E-state index is 0.0387. The van der Waals surface area contributed by atoms with E-state index in [4.69, 9.17) is 20.1 Å². The van der Waals surface area contributed by atoms with Crippen molar-refractivity contribution in [2.24, 2.45) is 0 Å². The molecule has 89 heavy (non-hydrogen) atoms. The topological polar surface area (TPSA) is 380 Å². The number of quaternary nitrogens is 4. The first-order valence-electron chi connectivity index (χ1n) is 31.9. The van der Waals surface area contributed by atoms with Gasteiger partial charge in [0.05, 0.1) is 0 Å². The number of carbonyl (C=O) groups excluding carboxylic acids is 2. The SMILES string of the molecule is O=C(O)CC[C@H](NC(=O)N[C@@H](CCCCNC(=O)CCCCCCCCCCN1CCN(c2nc(Cc3ccc(CC4C[N@@+]5(CC(=O)O)CC[N+]6(CC(=O)O)CC[N@@+]7(CC(=O)O)CC[N@+]4(CC(=O)O)C675)cc3)nc(N3CCCCC3)n2)CC1)C(=O)O)C(=O)O. The van der Waals surface area contributed by atoms with E-state index in [1.54, 1.807) is 0 Å². The van der Waals surface area contributed by atoms with E-state index in [-0.39, 0.29) is 69.4 Å².